The summed E-state index contributed by atoms with van der Waals surface area (Å²) in [4.78, 5) is 21.8. The maximum Gasteiger partial charge on any atom is 0.260 e. The molecule has 160 valence electrons. The first-order valence-corrected chi connectivity index (χ1v) is 12.3. The van der Waals surface area contributed by atoms with Crippen molar-refractivity contribution in [2.24, 2.45) is 0 Å². The zero-order chi connectivity index (χ0) is 21.9. The molecule has 3 aromatic rings. The zero-order valence-corrected chi connectivity index (χ0v) is 18.8. The molecule has 1 aromatic heterocycles. The number of likely N-dealkylation sites (N-methyl/N-ethyl adjacent to an activating group) is 1. The molecule has 0 atom stereocenters. The van der Waals surface area contributed by atoms with Gasteiger partial charge in [0.15, 0.2) is 15.0 Å². The van der Waals surface area contributed by atoms with Crippen molar-refractivity contribution >= 4 is 42.4 Å². The minimum absolute atomic E-state index is 0.213. The second-order valence-corrected chi connectivity index (χ2v) is 9.91. The number of nitrogens with zero attached hydrogens (tertiary/aromatic N) is 3. The Bertz CT molecular complexity index is 1140. The molecule has 0 aliphatic heterocycles. The molecule has 0 N–H and O–H groups in total. The van der Waals surface area contributed by atoms with Gasteiger partial charge >= 0.3 is 0 Å². The summed E-state index contributed by atoms with van der Waals surface area (Å²) in [6, 6.07) is 10.2. The molecule has 0 aliphatic carbocycles. The van der Waals surface area contributed by atoms with E-state index in [2.05, 4.69) is 23.7 Å². The molecular formula is C21H24FN3O3S2. The normalized spacial score (nSPS) is 11.9. The number of amides is 1. The van der Waals surface area contributed by atoms with Gasteiger partial charge in [0.05, 0.1) is 15.1 Å². The molecule has 30 heavy (non-hydrogen) atoms. The molecule has 0 bridgehead atoms. The number of fused-ring (bicyclic) bond motifs is 1. The van der Waals surface area contributed by atoms with Gasteiger partial charge in [-0.2, -0.15) is 0 Å². The Hall–Kier alpha value is -2.36. The van der Waals surface area contributed by atoms with E-state index >= 15 is 0 Å². The number of rotatable bonds is 8. The Morgan fingerprint density at radius 3 is 2.33 bits per heavy atom. The average molecular weight is 450 g/mol. The lowest BCUT2D eigenvalue weighted by atomic mass is 10.2. The van der Waals surface area contributed by atoms with Crippen molar-refractivity contribution in [1.29, 1.82) is 0 Å². The third kappa shape index (κ3) is 5.03. The molecule has 0 unspecified atom stereocenters. The predicted molar refractivity (Wildman–Crippen MR) is 119 cm³/mol. The van der Waals surface area contributed by atoms with Crippen LogP contribution in [0.2, 0.25) is 0 Å². The van der Waals surface area contributed by atoms with Crippen LogP contribution in [0.1, 0.15) is 24.2 Å². The number of benzene rings is 2. The van der Waals surface area contributed by atoms with E-state index in [1.54, 1.807) is 17.0 Å². The minimum atomic E-state index is -3.34. The summed E-state index contributed by atoms with van der Waals surface area (Å²) in [5, 5.41) is 0.483. The first-order valence-electron chi connectivity index (χ1n) is 9.63. The van der Waals surface area contributed by atoms with E-state index in [9.17, 15) is 17.6 Å². The smallest absolute Gasteiger partial charge is 0.260 e. The van der Waals surface area contributed by atoms with E-state index in [-0.39, 0.29) is 10.8 Å². The molecule has 2 aromatic carbocycles. The molecular weight excluding hydrogens is 425 g/mol. The van der Waals surface area contributed by atoms with Crippen molar-refractivity contribution in [3.05, 3.63) is 53.8 Å². The van der Waals surface area contributed by atoms with Crippen molar-refractivity contribution < 1.29 is 17.6 Å². The van der Waals surface area contributed by atoms with Crippen LogP contribution in [0.15, 0.2) is 47.4 Å². The quantitative estimate of drug-likeness (QED) is 0.523. The number of hydrogen-bond donors (Lipinski definition) is 0. The largest absolute Gasteiger partial charge is 0.302 e. The summed E-state index contributed by atoms with van der Waals surface area (Å²) in [6.45, 7) is 6.89. The van der Waals surface area contributed by atoms with E-state index < -0.39 is 15.7 Å². The third-order valence-corrected chi connectivity index (χ3v) is 7.03. The van der Waals surface area contributed by atoms with Crippen LogP contribution < -0.4 is 4.90 Å². The van der Waals surface area contributed by atoms with Crippen LogP contribution in [0.25, 0.3) is 10.2 Å². The van der Waals surface area contributed by atoms with E-state index in [0.29, 0.717) is 34.0 Å². The molecule has 0 saturated heterocycles. The first kappa shape index (κ1) is 22.3. The highest BCUT2D eigenvalue weighted by Gasteiger charge is 2.22. The van der Waals surface area contributed by atoms with E-state index in [1.807, 2.05) is 0 Å². The predicted octanol–water partition coefficient (Wildman–Crippen LogP) is 3.83. The fourth-order valence-electron chi connectivity index (χ4n) is 3.05. The van der Waals surface area contributed by atoms with Gasteiger partial charge in [0.2, 0.25) is 0 Å². The van der Waals surface area contributed by atoms with Gasteiger partial charge in [0.25, 0.3) is 5.91 Å². The first-order chi connectivity index (χ1) is 14.2. The lowest BCUT2D eigenvalue weighted by Crippen LogP contribution is -2.38. The van der Waals surface area contributed by atoms with Crippen molar-refractivity contribution in [3.63, 3.8) is 0 Å². The molecule has 0 aliphatic rings. The topological polar surface area (TPSA) is 70.6 Å². The zero-order valence-electron chi connectivity index (χ0n) is 17.1. The highest BCUT2D eigenvalue weighted by molar-refractivity contribution is 7.90. The highest BCUT2D eigenvalue weighted by Crippen LogP contribution is 2.31. The van der Waals surface area contributed by atoms with Crippen molar-refractivity contribution in [2.45, 2.75) is 18.7 Å². The molecule has 0 fully saturated rings. The lowest BCUT2D eigenvalue weighted by Gasteiger charge is -2.24. The Balaban J connectivity index is 1.99. The van der Waals surface area contributed by atoms with Crippen LogP contribution in [-0.2, 0) is 9.84 Å². The Kier molecular flexibility index (Phi) is 6.84. The molecule has 1 amide bonds. The van der Waals surface area contributed by atoms with Gasteiger partial charge in [-0.25, -0.2) is 17.8 Å². The standard InChI is InChI=1S/C21H24FN3O3S2/c1-4-24(5-2)12-13-25(20(26)15-6-8-16(22)9-7-15)21-23-18-11-10-17(30(3,27)28)14-19(18)29-21/h6-11,14H,4-5,12-13H2,1-3H3. The Morgan fingerprint density at radius 2 is 1.73 bits per heavy atom. The number of carbonyl (C=O) groups excluding carboxylic acids is 1. The van der Waals surface area contributed by atoms with Crippen LogP contribution in [0, 0.1) is 5.82 Å². The van der Waals surface area contributed by atoms with Gasteiger partial charge < -0.3 is 4.90 Å². The third-order valence-electron chi connectivity index (χ3n) is 4.88. The van der Waals surface area contributed by atoms with Crippen LogP contribution >= 0.6 is 11.3 Å². The number of sulfone groups is 1. The SMILES string of the molecule is CCN(CC)CCN(C(=O)c1ccc(F)cc1)c1nc2ccc(S(C)(=O)=O)cc2s1. The van der Waals surface area contributed by atoms with Crippen molar-refractivity contribution in [2.75, 3.05) is 37.3 Å². The number of aromatic nitrogens is 1. The van der Waals surface area contributed by atoms with E-state index in [0.717, 1.165) is 19.3 Å². The fraction of sp³-hybridized carbons (Fsp3) is 0.333. The number of anilines is 1. The number of thiazole rings is 1. The molecule has 9 heteroatoms. The second kappa shape index (κ2) is 9.20. The highest BCUT2D eigenvalue weighted by atomic mass is 32.2. The summed E-state index contributed by atoms with van der Waals surface area (Å²) in [6.07, 6.45) is 1.16. The van der Waals surface area contributed by atoms with Crippen LogP contribution in [0.5, 0.6) is 0 Å². The summed E-state index contributed by atoms with van der Waals surface area (Å²) >= 11 is 1.27. The van der Waals surface area contributed by atoms with E-state index in [4.69, 9.17) is 0 Å². The maximum atomic E-state index is 13.3. The second-order valence-electron chi connectivity index (χ2n) is 6.89. The van der Waals surface area contributed by atoms with Crippen LogP contribution in [0.4, 0.5) is 9.52 Å². The molecule has 1 heterocycles. The summed E-state index contributed by atoms with van der Waals surface area (Å²) < 4.78 is 37.7. The van der Waals surface area contributed by atoms with Gasteiger partial charge in [0, 0.05) is 24.9 Å². The van der Waals surface area contributed by atoms with Gasteiger partial charge in [0.1, 0.15) is 5.82 Å². The molecule has 0 saturated carbocycles. The van der Waals surface area contributed by atoms with Gasteiger partial charge in [-0.15, -0.1) is 0 Å². The Morgan fingerprint density at radius 1 is 1.07 bits per heavy atom. The van der Waals surface area contributed by atoms with Crippen molar-refractivity contribution in [1.82, 2.24) is 9.88 Å². The summed E-state index contributed by atoms with van der Waals surface area (Å²) in [5.41, 5.74) is 0.995. The molecule has 6 nitrogen and oxygen atoms in total. The van der Waals surface area contributed by atoms with Gasteiger partial charge in [-0.05, 0) is 55.6 Å². The number of hydrogen-bond acceptors (Lipinski definition) is 6. The number of carbonyl (C=O) groups is 1. The van der Waals surface area contributed by atoms with Crippen LogP contribution in [-0.4, -0.2) is 56.6 Å². The summed E-state index contributed by atoms with van der Waals surface area (Å²) in [7, 11) is -3.34. The Labute approximate surface area is 179 Å². The van der Waals surface area contributed by atoms with E-state index in [1.165, 1.54) is 41.7 Å². The summed E-state index contributed by atoms with van der Waals surface area (Å²) in [5.74, 6) is -0.681. The monoisotopic (exact) mass is 449 g/mol. The van der Waals surface area contributed by atoms with Gasteiger partial charge in [-0.3, -0.25) is 9.69 Å². The molecule has 0 spiro atoms. The maximum absolute atomic E-state index is 13.3. The fourth-order valence-corrected chi connectivity index (χ4v) is 4.80. The van der Waals surface area contributed by atoms with Crippen molar-refractivity contribution in [3.8, 4) is 0 Å². The molecule has 3 rings (SSSR count). The lowest BCUT2D eigenvalue weighted by molar-refractivity contribution is 0.0983. The minimum Gasteiger partial charge on any atom is -0.302 e. The number of halogens is 1. The molecule has 0 radical (unpaired) electrons. The average Bonchev–Trinajstić information content (AvgIpc) is 3.13. The van der Waals surface area contributed by atoms with Crippen LogP contribution in [0.3, 0.4) is 0 Å². The van der Waals surface area contributed by atoms with Gasteiger partial charge in [-0.1, -0.05) is 25.2 Å².